The first-order valence-electron chi connectivity index (χ1n) is 9.19. The third-order valence-electron chi connectivity index (χ3n) is 5.23. The highest BCUT2D eigenvalue weighted by molar-refractivity contribution is 5.79. The third kappa shape index (κ3) is 4.62. The fourth-order valence-corrected chi connectivity index (χ4v) is 3.63. The number of hydrogen-bond acceptors (Lipinski definition) is 3. The van der Waals surface area contributed by atoms with Gasteiger partial charge in [-0.25, -0.2) is 0 Å². The van der Waals surface area contributed by atoms with Crippen LogP contribution in [0.3, 0.4) is 0 Å². The lowest BCUT2D eigenvalue weighted by molar-refractivity contribution is -0.125. The largest absolute Gasteiger partial charge is 0.371 e. The van der Waals surface area contributed by atoms with E-state index in [-0.39, 0.29) is 23.7 Å². The Kier molecular flexibility index (Phi) is 5.74. The number of carbonyl (C=O) groups excluding carboxylic acids is 2. The fraction of sp³-hybridized carbons (Fsp3) is 0.500. The Morgan fingerprint density at radius 2 is 1.92 bits per heavy atom. The molecule has 1 fully saturated rings. The maximum atomic E-state index is 12.2. The van der Waals surface area contributed by atoms with Crippen molar-refractivity contribution in [1.82, 2.24) is 5.32 Å². The molecule has 1 aromatic carbocycles. The van der Waals surface area contributed by atoms with Crippen molar-refractivity contribution in [3.63, 3.8) is 0 Å². The van der Waals surface area contributed by atoms with Crippen LogP contribution in [0.4, 0.5) is 5.69 Å². The van der Waals surface area contributed by atoms with E-state index in [2.05, 4.69) is 34.5 Å². The molecule has 0 bridgehead atoms. The summed E-state index contributed by atoms with van der Waals surface area (Å²) < 4.78 is 0. The number of piperidine rings is 1. The summed E-state index contributed by atoms with van der Waals surface area (Å²) in [5, 5.41) is 3.04. The van der Waals surface area contributed by atoms with E-state index in [9.17, 15) is 9.59 Å². The van der Waals surface area contributed by atoms with Gasteiger partial charge in [-0.3, -0.25) is 9.59 Å². The van der Waals surface area contributed by atoms with Crippen molar-refractivity contribution >= 4 is 17.5 Å². The summed E-state index contributed by atoms with van der Waals surface area (Å²) in [4.78, 5) is 25.8. The molecule has 25 heavy (non-hydrogen) atoms. The van der Waals surface area contributed by atoms with Crippen LogP contribution < -0.4 is 16.0 Å². The van der Waals surface area contributed by atoms with E-state index in [1.807, 2.05) is 12.1 Å². The van der Waals surface area contributed by atoms with Crippen LogP contribution in [0.15, 0.2) is 36.4 Å². The Balaban J connectivity index is 1.52. The van der Waals surface area contributed by atoms with Crippen LogP contribution in [0.25, 0.3) is 0 Å². The molecule has 0 aromatic heterocycles. The van der Waals surface area contributed by atoms with Gasteiger partial charge >= 0.3 is 0 Å². The maximum absolute atomic E-state index is 12.2. The van der Waals surface area contributed by atoms with Gasteiger partial charge in [-0.05, 0) is 49.8 Å². The number of carbonyl (C=O) groups is 2. The summed E-state index contributed by atoms with van der Waals surface area (Å²) in [6.45, 7) is 2.21. The molecule has 2 aliphatic rings. The molecule has 0 unspecified atom stereocenters. The summed E-state index contributed by atoms with van der Waals surface area (Å²) in [6.07, 6.45) is 8.90. The number of rotatable bonds is 5. The number of hydrogen-bond donors (Lipinski definition) is 2. The van der Waals surface area contributed by atoms with Crippen molar-refractivity contribution < 1.29 is 9.59 Å². The molecule has 5 nitrogen and oxygen atoms in total. The number of nitrogens with zero attached hydrogens (tertiary/aromatic N) is 1. The summed E-state index contributed by atoms with van der Waals surface area (Å²) in [5.74, 6) is -0.00374. The molecule has 2 atom stereocenters. The van der Waals surface area contributed by atoms with Crippen LogP contribution in [0.2, 0.25) is 0 Å². The average molecular weight is 341 g/mol. The highest BCUT2D eigenvalue weighted by atomic mass is 16.2. The van der Waals surface area contributed by atoms with Crippen molar-refractivity contribution in [2.24, 2.45) is 17.6 Å². The lowest BCUT2D eigenvalue weighted by Crippen LogP contribution is -2.41. The van der Waals surface area contributed by atoms with E-state index in [1.165, 1.54) is 0 Å². The number of allylic oxidation sites excluding steroid dienone is 2. The third-order valence-corrected chi connectivity index (χ3v) is 5.23. The second-order valence-electron chi connectivity index (χ2n) is 7.05. The van der Waals surface area contributed by atoms with Gasteiger partial charge in [0, 0.05) is 31.2 Å². The van der Waals surface area contributed by atoms with E-state index in [1.54, 1.807) is 0 Å². The van der Waals surface area contributed by atoms with Gasteiger partial charge in [0.05, 0.1) is 5.92 Å². The number of amides is 2. The molecule has 2 amide bonds. The van der Waals surface area contributed by atoms with Crippen LogP contribution in [-0.2, 0) is 16.1 Å². The molecule has 1 heterocycles. The predicted octanol–water partition coefficient (Wildman–Crippen LogP) is 2.36. The summed E-state index contributed by atoms with van der Waals surface area (Å²) in [6, 6.07) is 8.22. The minimum absolute atomic E-state index is 0.0581. The van der Waals surface area contributed by atoms with Gasteiger partial charge in [0.2, 0.25) is 11.8 Å². The molecule has 0 saturated carbocycles. The number of primary amides is 1. The predicted molar refractivity (Wildman–Crippen MR) is 98.9 cm³/mol. The lowest BCUT2D eigenvalue weighted by Gasteiger charge is -2.33. The van der Waals surface area contributed by atoms with Gasteiger partial charge in [-0.2, -0.15) is 0 Å². The van der Waals surface area contributed by atoms with Gasteiger partial charge in [-0.1, -0.05) is 24.3 Å². The Morgan fingerprint density at radius 1 is 1.12 bits per heavy atom. The first-order valence-corrected chi connectivity index (χ1v) is 9.19. The van der Waals surface area contributed by atoms with Crippen LogP contribution in [0.5, 0.6) is 0 Å². The van der Waals surface area contributed by atoms with Crippen molar-refractivity contribution in [3.05, 3.63) is 42.0 Å². The topological polar surface area (TPSA) is 75.4 Å². The number of anilines is 1. The Bertz CT molecular complexity index is 639. The highest BCUT2D eigenvalue weighted by Gasteiger charge is 2.24. The minimum Gasteiger partial charge on any atom is -0.371 e. The molecule has 5 heteroatoms. The summed E-state index contributed by atoms with van der Waals surface area (Å²) >= 11 is 0. The molecule has 0 spiro atoms. The summed E-state index contributed by atoms with van der Waals surface area (Å²) in [7, 11) is 0. The second kappa shape index (κ2) is 8.19. The van der Waals surface area contributed by atoms with Gasteiger partial charge in [0.1, 0.15) is 0 Å². The minimum atomic E-state index is -0.207. The molecule has 3 N–H and O–H groups in total. The fourth-order valence-electron chi connectivity index (χ4n) is 3.63. The zero-order valence-corrected chi connectivity index (χ0v) is 14.6. The lowest BCUT2D eigenvalue weighted by atomic mass is 9.93. The van der Waals surface area contributed by atoms with Crippen molar-refractivity contribution in [1.29, 1.82) is 0 Å². The SMILES string of the molecule is NC(=O)[C@H]1CCCN(c2ccc(CNC(=O)[C@@H]3CC=CCC3)cc2)C1. The van der Waals surface area contributed by atoms with Gasteiger partial charge in [0.15, 0.2) is 0 Å². The molecular weight excluding hydrogens is 314 g/mol. The highest BCUT2D eigenvalue weighted by Crippen LogP contribution is 2.23. The summed E-state index contributed by atoms with van der Waals surface area (Å²) in [5.41, 5.74) is 7.65. The van der Waals surface area contributed by atoms with Crippen LogP contribution >= 0.6 is 0 Å². The van der Waals surface area contributed by atoms with E-state index in [4.69, 9.17) is 5.73 Å². The van der Waals surface area contributed by atoms with Crippen LogP contribution in [-0.4, -0.2) is 24.9 Å². The second-order valence-corrected chi connectivity index (χ2v) is 7.05. The molecule has 1 aliphatic carbocycles. The normalized spacial score (nSPS) is 23.3. The molecule has 3 rings (SSSR count). The quantitative estimate of drug-likeness (QED) is 0.807. The van der Waals surface area contributed by atoms with Crippen molar-refractivity contribution in [2.75, 3.05) is 18.0 Å². The first kappa shape index (κ1) is 17.5. The van der Waals surface area contributed by atoms with E-state index >= 15 is 0 Å². The molecule has 1 aromatic rings. The average Bonchev–Trinajstić information content (AvgIpc) is 2.67. The Labute approximate surface area is 149 Å². The molecule has 1 saturated heterocycles. The first-order chi connectivity index (χ1) is 12.1. The van der Waals surface area contributed by atoms with E-state index in [0.717, 1.165) is 49.9 Å². The molecule has 1 aliphatic heterocycles. The van der Waals surface area contributed by atoms with Gasteiger partial charge < -0.3 is 16.0 Å². The zero-order chi connectivity index (χ0) is 17.6. The Hall–Kier alpha value is -2.30. The van der Waals surface area contributed by atoms with Crippen LogP contribution in [0, 0.1) is 11.8 Å². The van der Waals surface area contributed by atoms with E-state index < -0.39 is 0 Å². The van der Waals surface area contributed by atoms with Gasteiger partial charge in [-0.15, -0.1) is 0 Å². The number of nitrogens with two attached hydrogens (primary N) is 1. The smallest absolute Gasteiger partial charge is 0.223 e. The van der Waals surface area contributed by atoms with Crippen molar-refractivity contribution in [3.8, 4) is 0 Å². The molecule has 134 valence electrons. The van der Waals surface area contributed by atoms with Gasteiger partial charge in [0.25, 0.3) is 0 Å². The zero-order valence-electron chi connectivity index (χ0n) is 14.6. The van der Waals surface area contributed by atoms with E-state index in [0.29, 0.717) is 13.1 Å². The molecular formula is C20H27N3O2. The maximum Gasteiger partial charge on any atom is 0.223 e. The van der Waals surface area contributed by atoms with Crippen LogP contribution in [0.1, 0.15) is 37.7 Å². The number of nitrogens with one attached hydrogen (secondary N) is 1. The monoisotopic (exact) mass is 341 g/mol. The Morgan fingerprint density at radius 3 is 2.60 bits per heavy atom. The molecule has 0 radical (unpaired) electrons. The van der Waals surface area contributed by atoms with Crippen molar-refractivity contribution in [2.45, 2.75) is 38.6 Å². The standard InChI is InChI=1S/C20H27N3O2/c21-19(24)17-7-4-12-23(14-17)18-10-8-15(9-11-18)13-22-20(25)16-5-2-1-3-6-16/h1-2,8-11,16-17H,3-7,12-14H2,(H2,21,24)(H,22,25)/t16-,17+/m1/s1. The number of benzene rings is 1.